The minimum Gasteiger partial charge on any atom is -0.500 e. The van der Waals surface area contributed by atoms with Crippen LogP contribution in [-0.2, 0) is 20.1 Å². The largest absolute Gasteiger partial charge is 0.500 e. The molecule has 0 saturated carbocycles. The first-order valence-electron chi connectivity index (χ1n) is 14.5. The summed E-state index contributed by atoms with van der Waals surface area (Å²) < 4.78 is 6.64. The summed E-state index contributed by atoms with van der Waals surface area (Å²) in [4.78, 5) is 9.00. The van der Waals surface area contributed by atoms with Crippen LogP contribution in [0.5, 0.6) is 0 Å². The minimum atomic E-state index is 0. The van der Waals surface area contributed by atoms with Crippen LogP contribution in [0, 0.1) is 39.8 Å². The Morgan fingerprint density at radius 1 is 0.591 bits per heavy atom. The number of hydrogen-bond acceptors (Lipinski definition) is 3. The standard InChI is InChI=1S/C28H20NO.C12H10N.Ir/c1-16-8-12-22(24-14-17(2)18(3)15-29-24)27-25(16)23-13-11-20-10-9-19-6-4-5-7-21(19)26(20)28(23)30-27;1-10-7-8-12(13-9-10)11-5-3-2-4-6-11;/h4-11,13-15H,1-3H3;2-5,7-9H,1H3;/q2*-1;. The Bertz CT molecular complexity index is 2270. The van der Waals surface area contributed by atoms with Crippen molar-refractivity contribution < 1.29 is 24.5 Å². The molecule has 44 heavy (non-hydrogen) atoms. The Morgan fingerprint density at radius 2 is 1.36 bits per heavy atom. The number of hydrogen-bond donors (Lipinski definition) is 0. The van der Waals surface area contributed by atoms with Crippen molar-refractivity contribution in [1.29, 1.82) is 0 Å². The maximum Gasteiger partial charge on any atom is 0.129 e. The third kappa shape index (κ3) is 5.32. The van der Waals surface area contributed by atoms with Gasteiger partial charge in [-0.15, -0.1) is 53.6 Å². The molecule has 8 aromatic rings. The van der Waals surface area contributed by atoms with E-state index in [4.69, 9.17) is 4.42 Å². The molecule has 0 unspecified atom stereocenters. The number of aryl methyl sites for hydroxylation is 4. The molecule has 0 saturated heterocycles. The Morgan fingerprint density at radius 3 is 2.14 bits per heavy atom. The predicted octanol–water partition coefficient (Wildman–Crippen LogP) is 10.5. The van der Waals surface area contributed by atoms with Gasteiger partial charge >= 0.3 is 0 Å². The van der Waals surface area contributed by atoms with Crippen LogP contribution in [-0.4, -0.2) is 9.97 Å². The zero-order valence-corrected chi connectivity index (χ0v) is 27.4. The minimum absolute atomic E-state index is 0. The summed E-state index contributed by atoms with van der Waals surface area (Å²) in [7, 11) is 0. The molecule has 3 aromatic heterocycles. The number of fused-ring (bicyclic) bond motifs is 7. The fourth-order valence-electron chi connectivity index (χ4n) is 5.66. The molecule has 0 fully saturated rings. The summed E-state index contributed by atoms with van der Waals surface area (Å²) in [6.07, 6.45) is 3.80. The van der Waals surface area contributed by atoms with Crippen LogP contribution in [0.25, 0.3) is 66.0 Å². The van der Waals surface area contributed by atoms with E-state index in [-0.39, 0.29) is 20.1 Å². The van der Waals surface area contributed by atoms with E-state index in [0.29, 0.717) is 0 Å². The summed E-state index contributed by atoms with van der Waals surface area (Å²) in [5.74, 6) is 0. The summed E-state index contributed by atoms with van der Waals surface area (Å²) in [5, 5.41) is 7.08. The van der Waals surface area contributed by atoms with Gasteiger partial charge in [-0.05, 0) is 59.4 Å². The molecule has 217 valence electrons. The molecule has 0 aliphatic heterocycles. The number of pyridine rings is 2. The van der Waals surface area contributed by atoms with Gasteiger partial charge in [0, 0.05) is 43.3 Å². The van der Waals surface area contributed by atoms with E-state index in [1.54, 1.807) is 0 Å². The Hall–Kier alpha value is -4.63. The fraction of sp³-hybridized carbons (Fsp3) is 0.100. The topological polar surface area (TPSA) is 38.9 Å². The molecule has 0 N–H and O–H groups in total. The second-order valence-corrected chi connectivity index (χ2v) is 11.1. The summed E-state index contributed by atoms with van der Waals surface area (Å²) in [5.41, 5.74) is 10.4. The Balaban J connectivity index is 0.000000207. The summed E-state index contributed by atoms with van der Waals surface area (Å²) >= 11 is 0. The zero-order valence-electron chi connectivity index (χ0n) is 25.0. The SMILES string of the molecule is Cc1ccc(-c2[c-]cccc2)nc1.Cc1cnc(-c2[c-]cc(C)c3c2oc2c3ccc3ccc4ccccc4c32)cc1C.[Ir]. The third-order valence-electron chi connectivity index (χ3n) is 8.14. The smallest absolute Gasteiger partial charge is 0.129 e. The zero-order chi connectivity index (χ0) is 29.5. The van der Waals surface area contributed by atoms with Crippen LogP contribution in [0.4, 0.5) is 0 Å². The van der Waals surface area contributed by atoms with E-state index < -0.39 is 0 Å². The Labute approximate surface area is 271 Å². The van der Waals surface area contributed by atoms with Crippen LogP contribution >= 0.6 is 0 Å². The average Bonchev–Trinajstić information content (AvgIpc) is 3.44. The molecular formula is C40H30IrN2O-2. The molecule has 4 heteroatoms. The van der Waals surface area contributed by atoms with Crippen LogP contribution < -0.4 is 0 Å². The van der Waals surface area contributed by atoms with Crippen LogP contribution in [0.2, 0.25) is 0 Å². The third-order valence-corrected chi connectivity index (χ3v) is 8.14. The van der Waals surface area contributed by atoms with Crippen LogP contribution in [0.15, 0.2) is 114 Å². The second kappa shape index (κ2) is 12.2. The van der Waals surface area contributed by atoms with E-state index in [0.717, 1.165) is 50.0 Å². The quantitative estimate of drug-likeness (QED) is 0.131. The van der Waals surface area contributed by atoms with Crippen molar-refractivity contribution in [3.8, 4) is 22.5 Å². The summed E-state index contributed by atoms with van der Waals surface area (Å²) in [6, 6.07) is 39.9. The molecule has 1 radical (unpaired) electrons. The second-order valence-electron chi connectivity index (χ2n) is 11.1. The van der Waals surface area contributed by atoms with Gasteiger partial charge in [0.15, 0.2) is 0 Å². The van der Waals surface area contributed by atoms with Crippen LogP contribution in [0.1, 0.15) is 22.3 Å². The van der Waals surface area contributed by atoms with Gasteiger partial charge in [-0.25, -0.2) is 0 Å². The first kappa shape index (κ1) is 29.4. The molecule has 3 nitrogen and oxygen atoms in total. The maximum absolute atomic E-state index is 6.64. The van der Waals surface area contributed by atoms with Gasteiger partial charge in [-0.3, -0.25) is 0 Å². The van der Waals surface area contributed by atoms with Crippen molar-refractivity contribution in [2.24, 2.45) is 0 Å². The molecule has 0 atom stereocenters. The molecule has 8 rings (SSSR count). The van der Waals surface area contributed by atoms with Crippen molar-refractivity contribution in [3.63, 3.8) is 0 Å². The predicted molar refractivity (Wildman–Crippen MR) is 178 cm³/mol. The monoisotopic (exact) mass is 747 g/mol. The van der Waals surface area contributed by atoms with E-state index >= 15 is 0 Å². The van der Waals surface area contributed by atoms with Gasteiger partial charge in [0.1, 0.15) is 5.58 Å². The van der Waals surface area contributed by atoms with Gasteiger partial charge in [0.05, 0.1) is 5.58 Å². The first-order valence-corrected chi connectivity index (χ1v) is 14.5. The molecule has 0 aliphatic rings. The van der Waals surface area contributed by atoms with Gasteiger partial charge in [0.2, 0.25) is 0 Å². The van der Waals surface area contributed by atoms with Crippen LogP contribution in [0.3, 0.4) is 0 Å². The van der Waals surface area contributed by atoms with Crippen molar-refractivity contribution in [2.45, 2.75) is 27.7 Å². The number of aromatic nitrogens is 2. The van der Waals surface area contributed by atoms with E-state index in [2.05, 4.69) is 110 Å². The molecule has 5 aromatic carbocycles. The number of furan rings is 1. The van der Waals surface area contributed by atoms with Gasteiger partial charge in [-0.2, -0.15) is 0 Å². The van der Waals surface area contributed by atoms with E-state index in [9.17, 15) is 0 Å². The molecule has 3 heterocycles. The average molecular weight is 747 g/mol. The summed E-state index contributed by atoms with van der Waals surface area (Å²) in [6.45, 7) is 8.35. The van der Waals surface area contributed by atoms with E-state index in [1.165, 1.54) is 38.2 Å². The molecule has 0 bridgehead atoms. The first-order chi connectivity index (χ1) is 21.0. The molecule has 0 amide bonds. The molecule has 0 spiro atoms. The van der Waals surface area contributed by atoms with Crippen molar-refractivity contribution >= 4 is 43.5 Å². The fourth-order valence-corrected chi connectivity index (χ4v) is 5.66. The Kier molecular flexibility index (Phi) is 8.14. The number of nitrogens with zero attached hydrogens (tertiary/aromatic N) is 2. The van der Waals surface area contributed by atoms with Gasteiger partial charge in [0.25, 0.3) is 0 Å². The number of benzene rings is 5. The van der Waals surface area contributed by atoms with Gasteiger partial charge in [-0.1, -0.05) is 90.2 Å². The number of rotatable bonds is 2. The molecular weight excluding hydrogens is 717 g/mol. The van der Waals surface area contributed by atoms with Crippen molar-refractivity contribution in [1.82, 2.24) is 9.97 Å². The normalized spacial score (nSPS) is 11.0. The van der Waals surface area contributed by atoms with E-state index in [1.807, 2.05) is 49.6 Å². The van der Waals surface area contributed by atoms with Gasteiger partial charge < -0.3 is 14.4 Å². The molecule has 0 aliphatic carbocycles. The van der Waals surface area contributed by atoms with Crippen molar-refractivity contribution in [2.75, 3.05) is 0 Å². The van der Waals surface area contributed by atoms with Crippen molar-refractivity contribution in [3.05, 3.63) is 144 Å². The maximum atomic E-state index is 6.64.